The molecule has 0 spiro atoms. The Bertz CT molecular complexity index is 463. The highest BCUT2D eigenvalue weighted by Crippen LogP contribution is 1.98. The third-order valence-corrected chi connectivity index (χ3v) is 1.85. The number of nitrogens with one attached hydrogen (secondary N) is 1. The van der Waals surface area contributed by atoms with Crippen LogP contribution in [-0.2, 0) is 0 Å². The van der Waals surface area contributed by atoms with Crippen molar-refractivity contribution in [2.24, 2.45) is 0 Å². The Hall–Kier alpha value is -2.03. The monoisotopic (exact) mass is 186 g/mol. The first-order valence-corrected chi connectivity index (χ1v) is 4.35. The van der Waals surface area contributed by atoms with E-state index in [4.69, 9.17) is 0 Å². The van der Waals surface area contributed by atoms with Crippen molar-refractivity contribution in [2.75, 3.05) is 5.43 Å². The fourth-order valence-corrected chi connectivity index (χ4v) is 1.17. The van der Waals surface area contributed by atoms with Crippen LogP contribution in [0.15, 0.2) is 59.7 Å². The van der Waals surface area contributed by atoms with Crippen LogP contribution in [0.3, 0.4) is 0 Å². The normalized spacial score (nSPS) is 9.71. The molecule has 0 unspecified atom stereocenters. The smallest absolute Gasteiger partial charge is 0.203 e. The van der Waals surface area contributed by atoms with E-state index in [1.807, 2.05) is 36.7 Å². The van der Waals surface area contributed by atoms with Gasteiger partial charge in [0.15, 0.2) is 0 Å². The van der Waals surface area contributed by atoms with Crippen LogP contribution in [0.25, 0.3) is 0 Å². The zero-order valence-corrected chi connectivity index (χ0v) is 7.55. The number of rotatable bonds is 2. The molecule has 3 heteroatoms. The van der Waals surface area contributed by atoms with Crippen LogP contribution < -0.4 is 10.9 Å². The van der Waals surface area contributed by atoms with Gasteiger partial charge in [0, 0.05) is 12.4 Å². The third-order valence-electron chi connectivity index (χ3n) is 1.85. The van der Waals surface area contributed by atoms with Gasteiger partial charge in [0.2, 0.25) is 5.43 Å². The molecule has 0 aliphatic heterocycles. The molecule has 14 heavy (non-hydrogen) atoms. The zero-order chi connectivity index (χ0) is 9.80. The first kappa shape index (κ1) is 8.56. The first-order chi connectivity index (χ1) is 6.86. The van der Waals surface area contributed by atoms with E-state index in [0.717, 1.165) is 0 Å². The molecule has 0 aliphatic carbocycles. The second kappa shape index (κ2) is 3.79. The third kappa shape index (κ3) is 1.82. The minimum atomic E-state index is -0.0244. The van der Waals surface area contributed by atoms with Gasteiger partial charge in [-0.15, -0.1) is 0 Å². The second-order valence-corrected chi connectivity index (χ2v) is 2.89. The molecule has 0 atom stereocenters. The van der Waals surface area contributed by atoms with Gasteiger partial charge in [0.25, 0.3) is 0 Å². The molecule has 2 aromatic rings. The van der Waals surface area contributed by atoms with Gasteiger partial charge in [-0.3, -0.25) is 14.9 Å². The van der Waals surface area contributed by atoms with E-state index in [2.05, 4.69) is 5.43 Å². The largest absolute Gasteiger partial charge is 0.291 e. The van der Waals surface area contributed by atoms with Crippen LogP contribution in [0.5, 0.6) is 0 Å². The van der Waals surface area contributed by atoms with E-state index in [0.29, 0.717) is 5.69 Å². The van der Waals surface area contributed by atoms with Gasteiger partial charge in [0.1, 0.15) is 5.69 Å². The van der Waals surface area contributed by atoms with Gasteiger partial charge in [-0.1, -0.05) is 18.2 Å². The van der Waals surface area contributed by atoms with E-state index >= 15 is 0 Å². The Labute approximate surface area is 81.6 Å². The molecule has 1 heterocycles. The van der Waals surface area contributed by atoms with Gasteiger partial charge in [0.05, 0.1) is 0 Å². The van der Waals surface area contributed by atoms with Crippen molar-refractivity contribution in [1.29, 1.82) is 0 Å². The van der Waals surface area contributed by atoms with E-state index in [1.165, 1.54) is 6.07 Å². The SMILES string of the molecule is O=c1cccccc1Nn1cccc1. The van der Waals surface area contributed by atoms with Gasteiger partial charge >= 0.3 is 0 Å². The highest BCUT2D eigenvalue weighted by Gasteiger charge is 1.94. The summed E-state index contributed by atoms with van der Waals surface area (Å²) in [5.41, 5.74) is 3.51. The quantitative estimate of drug-likeness (QED) is 0.774. The van der Waals surface area contributed by atoms with Gasteiger partial charge in [-0.25, -0.2) is 0 Å². The molecule has 0 fully saturated rings. The first-order valence-electron chi connectivity index (χ1n) is 4.35. The lowest BCUT2D eigenvalue weighted by molar-refractivity contribution is 0.969. The van der Waals surface area contributed by atoms with E-state index in [1.54, 1.807) is 16.8 Å². The molecule has 0 amide bonds. The molecule has 0 bridgehead atoms. The molecule has 1 aromatic heterocycles. The molecule has 2 rings (SSSR count). The standard InChI is InChI=1S/C11H10N2O/c14-11-7-3-1-2-6-10(11)12-13-8-4-5-9-13/h1-9H,(H,12,14). The summed E-state index contributed by atoms with van der Waals surface area (Å²) in [5.74, 6) is 0. The molecule has 3 nitrogen and oxygen atoms in total. The average Bonchev–Trinajstić information content (AvgIpc) is 2.60. The molecule has 1 N–H and O–H groups in total. The second-order valence-electron chi connectivity index (χ2n) is 2.89. The fraction of sp³-hybridized carbons (Fsp3) is 0. The van der Waals surface area contributed by atoms with Gasteiger partial charge in [-0.05, 0) is 24.3 Å². The topological polar surface area (TPSA) is 34.0 Å². The Balaban J connectivity index is 2.35. The molecular formula is C11H10N2O. The average molecular weight is 186 g/mol. The molecule has 0 saturated heterocycles. The van der Waals surface area contributed by atoms with Crippen LogP contribution in [0.1, 0.15) is 0 Å². The van der Waals surface area contributed by atoms with Gasteiger partial charge in [-0.2, -0.15) is 0 Å². The summed E-state index contributed by atoms with van der Waals surface area (Å²) in [5, 5.41) is 0. The van der Waals surface area contributed by atoms with Crippen molar-refractivity contribution in [1.82, 2.24) is 4.68 Å². The highest BCUT2D eigenvalue weighted by molar-refractivity contribution is 5.41. The van der Waals surface area contributed by atoms with E-state index < -0.39 is 0 Å². The van der Waals surface area contributed by atoms with Crippen molar-refractivity contribution < 1.29 is 0 Å². The fourth-order valence-electron chi connectivity index (χ4n) is 1.17. The molecule has 0 radical (unpaired) electrons. The van der Waals surface area contributed by atoms with Crippen LogP contribution in [0.2, 0.25) is 0 Å². The maximum Gasteiger partial charge on any atom is 0.203 e. The summed E-state index contributed by atoms with van der Waals surface area (Å²) in [6.45, 7) is 0. The summed E-state index contributed by atoms with van der Waals surface area (Å²) in [6, 6.07) is 12.4. The Kier molecular flexibility index (Phi) is 2.32. The lowest BCUT2D eigenvalue weighted by Gasteiger charge is -2.03. The number of hydrogen-bond donors (Lipinski definition) is 1. The van der Waals surface area contributed by atoms with Crippen LogP contribution in [0, 0.1) is 0 Å². The van der Waals surface area contributed by atoms with Crippen LogP contribution in [-0.4, -0.2) is 4.68 Å². The lowest BCUT2D eigenvalue weighted by atomic mass is 10.4. The van der Waals surface area contributed by atoms with Crippen LogP contribution in [0.4, 0.5) is 5.69 Å². The maximum atomic E-state index is 11.5. The molecule has 1 aromatic carbocycles. The lowest BCUT2D eigenvalue weighted by Crippen LogP contribution is -2.12. The molecule has 0 aliphatic rings. The Morgan fingerprint density at radius 1 is 0.929 bits per heavy atom. The predicted molar refractivity (Wildman–Crippen MR) is 56.2 cm³/mol. The van der Waals surface area contributed by atoms with Crippen molar-refractivity contribution in [2.45, 2.75) is 0 Å². The molecule has 70 valence electrons. The zero-order valence-electron chi connectivity index (χ0n) is 7.55. The van der Waals surface area contributed by atoms with Crippen LogP contribution >= 0.6 is 0 Å². The van der Waals surface area contributed by atoms with E-state index in [9.17, 15) is 4.79 Å². The molecule has 0 saturated carbocycles. The minimum Gasteiger partial charge on any atom is -0.291 e. The summed E-state index contributed by atoms with van der Waals surface area (Å²) >= 11 is 0. The minimum absolute atomic E-state index is 0.0244. The summed E-state index contributed by atoms with van der Waals surface area (Å²) in [7, 11) is 0. The van der Waals surface area contributed by atoms with Gasteiger partial charge < -0.3 is 0 Å². The van der Waals surface area contributed by atoms with E-state index in [-0.39, 0.29) is 5.43 Å². The number of aromatic nitrogens is 1. The summed E-state index contributed by atoms with van der Waals surface area (Å²) in [4.78, 5) is 11.5. The Morgan fingerprint density at radius 2 is 1.64 bits per heavy atom. The Morgan fingerprint density at radius 3 is 2.43 bits per heavy atom. The van der Waals surface area contributed by atoms with Crippen molar-refractivity contribution in [3.63, 3.8) is 0 Å². The summed E-state index contributed by atoms with van der Waals surface area (Å²) in [6.07, 6.45) is 3.68. The van der Waals surface area contributed by atoms with Crippen molar-refractivity contribution in [3.8, 4) is 0 Å². The summed E-state index contributed by atoms with van der Waals surface area (Å²) < 4.78 is 1.73. The van der Waals surface area contributed by atoms with Crippen molar-refractivity contribution >= 4 is 5.69 Å². The number of anilines is 1. The number of nitrogens with zero attached hydrogens (tertiary/aromatic N) is 1. The predicted octanol–water partition coefficient (Wildman–Crippen LogP) is 1.72. The maximum absolute atomic E-state index is 11.5. The highest BCUT2D eigenvalue weighted by atomic mass is 16.1. The molecular weight excluding hydrogens is 176 g/mol. The van der Waals surface area contributed by atoms with Crippen molar-refractivity contribution in [3.05, 3.63) is 65.1 Å². The number of hydrogen-bond acceptors (Lipinski definition) is 2.